The molecule has 1 aromatic rings. The van der Waals surface area contributed by atoms with Gasteiger partial charge in [-0.2, -0.15) is 0 Å². The molecule has 1 aromatic carbocycles. The minimum Gasteiger partial charge on any atom is -0.450 e. The molecule has 1 atom stereocenters. The van der Waals surface area contributed by atoms with Crippen LogP contribution in [0.4, 0.5) is 4.79 Å². The summed E-state index contributed by atoms with van der Waals surface area (Å²) < 4.78 is 4.72. The zero-order chi connectivity index (χ0) is 15.8. The van der Waals surface area contributed by atoms with Gasteiger partial charge in [0.1, 0.15) is 0 Å². The standard InChI is InChI=1S/C16H24N2O3/c1-5-21-16(20)17-9-8-15(19)18-13(4)14-10-11(2)6-7-12(14)3/h6-7,10,13H,5,8-9H2,1-4H3,(H,17,20)(H,18,19). The first-order valence-electron chi connectivity index (χ1n) is 7.21. The van der Waals surface area contributed by atoms with E-state index in [2.05, 4.69) is 28.8 Å². The predicted octanol–water partition coefficient (Wildman–Crippen LogP) is 2.62. The van der Waals surface area contributed by atoms with E-state index in [-0.39, 0.29) is 24.9 Å². The largest absolute Gasteiger partial charge is 0.450 e. The minimum absolute atomic E-state index is 0.0556. The van der Waals surface area contributed by atoms with Crippen LogP contribution in [0.25, 0.3) is 0 Å². The van der Waals surface area contributed by atoms with E-state index in [1.54, 1.807) is 6.92 Å². The Labute approximate surface area is 126 Å². The second kappa shape index (κ2) is 8.29. The molecule has 2 amide bonds. The second-order valence-corrected chi connectivity index (χ2v) is 5.05. The Morgan fingerprint density at radius 1 is 1.29 bits per heavy atom. The zero-order valence-corrected chi connectivity index (χ0v) is 13.2. The topological polar surface area (TPSA) is 67.4 Å². The monoisotopic (exact) mass is 292 g/mol. The lowest BCUT2D eigenvalue weighted by atomic mass is 10.00. The van der Waals surface area contributed by atoms with E-state index >= 15 is 0 Å². The first kappa shape index (κ1) is 17.0. The number of carbonyl (C=O) groups excluding carboxylic acids is 2. The summed E-state index contributed by atoms with van der Waals surface area (Å²) in [6.45, 7) is 8.34. The van der Waals surface area contributed by atoms with Crippen molar-refractivity contribution in [3.63, 3.8) is 0 Å². The van der Waals surface area contributed by atoms with Crippen LogP contribution in [0.5, 0.6) is 0 Å². The average Bonchev–Trinajstić information content (AvgIpc) is 2.41. The minimum atomic E-state index is -0.493. The predicted molar refractivity (Wildman–Crippen MR) is 82.1 cm³/mol. The van der Waals surface area contributed by atoms with Crippen molar-refractivity contribution in [3.8, 4) is 0 Å². The summed E-state index contributed by atoms with van der Waals surface area (Å²) in [4.78, 5) is 22.9. The molecule has 0 saturated carbocycles. The highest BCUT2D eigenvalue weighted by atomic mass is 16.5. The van der Waals surface area contributed by atoms with Crippen LogP contribution in [0.2, 0.25) is 0 Å². The molecule has 0 saturated heterocycles. The number of alkyl carbamates (subject to hydrolysis) is 1. The fourth-order valence-electron chi connectivity index (χ4n) is 2.08. The molecular formula is C16H24N2O3. The number of aryl methyl sites for hydroxylation is 2. The van der Waals surface area contributed by atoms with E-state index < -0.39 is 6.09 Å². The Kier molecular flexibility index (Phi) is 6.72. The third-order valence-electron chi connectivity index (χ3n) is 3.18. The smallest absolute Gasteiger partial charge is 0.407 e. The summed E-state index contributed by atoms with van der Waals surface area (Å²) in [5.74, 6) is -0.0970. The summed E-state index contributed by atoms with van der Waals surface area (Å²) >= 11 is 0. The maximum atomic E-state index is 11.9. The number of benzene rings is 1. The fraction of sp³-hybridized carbons (Fsp3) is 0.500. The van der Waals surface area contributed by atoms with Gasteiger partial charge in [0.25, 0.3) is 0 Å². The van der Waals surface area contributed by atoms with Gasteiger partial charge in [-0.3, -0.25) is 4.79 Å². The number of nitrogens with one attached hydrogen (secondary N) is 2. The van der Waals surface area contributed by atoms with Crippen molar-refractivity contribution in [1.82, 2.24) is 10.6 Å². The Morgan fingerprint density at radius 3 is 2.67 bits per heavy atom. The molecule has 0 heterocycles. The third-order valence-corrected chi connectivity index (χ3v) is 3.18. The molecule has 1 rings (SSSR count). The van der Waals surface area contributed by atoms with Gasteiger partial charge in [0.2, 0.25) is 5.91 Å². The summed E-state index contributed by atoms with van der Waals surface area (Å²) in [7, 11) is 0. The maximum Gasteiger partial charge on any atom is 0.407 e. The molecule has 0 aliphatic rings. The molecule has 5 heteroatoms. The first-order chi connectivity index (χ1) is 9.93. The van der Waals surface area contributed by atoms with Crippen LogP contribution in [0.3, 0.4) is 0 Å². The molecule has 116 valence electrons. The van der Waals surface area contributed by atoms with Crippen molar-refractivity contribution in [2.45, 2.75) is 40.2 Å². The van der Waals surface area contributed by atoms with Gasteiger partial charge < -0.3 is 15.4 Å². The van der Waals surface area contributed by atoms with Gasteiger partial charge in [0.05, 0.1) is 12.6 Å². The van der Waals surface area contributed by atoms with Crippen molar-refractivity contribution in [2.24, 2.45) is 0 Å². The third kappa shape index (κ3) is 5.85. The summed E-state index contributed by atoms with van der Waals surface area (Å²) in [6, 6.07) is 6.13. The van der Waals surface area contributed by atoms with Gasteiger partial charge in [0, 0.05) is 13.0 Å². The van der Waals surface area contributed by atoms with Crippen molar-refractivity contribution >= 4 is 12.0 Å². The first-order valence-corrected chi connectivity index (χ1v) is 7.21. The SMILES string of the molecule is CCOC(=O)NCCC(=O)NC(C)c1cc(C)ccc1C. The molecule has 5 nitrogen and oxygen atoms in total. The molecule has 0 spiro atoms. The number of ether oxygens (including phenoxy) is 1. The van der Waals surface area contributed by atoms with Gasteiger partial charge in [-0.05, 0) is 38.8 Å². The van der Waals surface area contributed by atoms with Crippen molar-refractivity contribution in [3.05, 3.63) is 34.9 Å². The molecule has 1 unspecified atom stereocenters. The van der Waals surface area contributed by atoms with E-state index in [9.17, 15) is 9.59 Å². The van der Waals surface area contributed by atoms with E-state index in [0.29, 0.717) is 6.61 Å². The molecular weight excluding hydrogens is 268 g/mol. The Hall–Kier alpha value is -2.04. The molecule has 0 radical (unpaired) electrons. The number of hydrogen-bond donors (Lipinski definition) is 2. The van der Waals surface area contributed by atoms with Crippen LogP contribution in [0.1, 0.15) is 43.0 Å². The van der Waals surface area contributed by atoms with E-state index in [0.717, 1.165) is 11.1 Å². The molecule has 21 heavy (non-hydrogen) atoms. The van der Waals surface area contributed by atoms with Gasteiger partial charge in [-0.25, -0.2) is 4.79 Å². The van der Waals surface area contributed by atoms with Crippen LogP contribution < -0.4 is 10.6 Å². The molecule has 0 bridgehead atoms. The van der Waals surface area contributed by atoms with E-state index in [4.69, 9.17) is 4.74 Å². The lowest BCUT2D eigenvalue weighted by molar-refractivity contribution is -0.121. The van der Waals surface area contributed by atoms with Crippen LogP contribution in [-0.2, 0) is 9.53 Å². The van der Waals surface area contributed by atoms with Gasteiger partial charge in [-0.15, -0.1) is 0 Å². The molecule has 2 N–H and O–H groups in total. The maximum absolute atomic E-state index is 11.9. The highest BCUT2D eigenvalue weighted by Gasteiger charge is 2.12. The zero-order valence-electron chi connectivity index (χ0n) is 13.2. The summed E-state index contributed by atoms with van der Waals surface area (Å²) in [5, 5.41) is 5.46. The van der Waals surface area contributed by atoms with Crippen LogP contribution in [0, 0.1) is 13.8 Å². The molecule has 0 fully saturated rings. The van der Waals surface area contributed by atoms with Gasteiger partial charge in [-0.1, -0.05) is 23.8 Å². The van der Waals surface area contributed by atoms with Gasteiger partial charge in [0.15, 0.2) is 0 Å². The summed E-state index contributed by atoms with van der Waals surface area (Å²) in [5.41, 5.74) is 3.43. The quantitative estimate of drug-likeness (QED) is 0.847. The molecule has 0 aromatic heterocycles. The Morgan fingerprint density at radius 2 is 2.00 bits per heavy atom. The van der Waals surface area contributed by atoms with E-state index in [1.807, 2.05) is 20.8 Å². The number of carbonyl (C=O) groups is 2. The van der Waals surface area contributed by atoms with Crippen LogP contribution in [-0.4, -0.2) is 25.2 Å². The van der Waals surface area contributed by atoms with Crippen molar-refractivity contribution < 1.29 is 14.3 Å². The second-order valence-electron chi connectivity index (χ2n) is 5.05. The molecule has 0 aliphatic carbocycles. The normalized spacial score (nSPS) is 11.6. The van der Waals surface area contributed by atoms with E-state index in [1.165, 1.54) is 5.56 Å². The lowest BCUT2D eigenvalue weighted by Gasteiger charge is -2.17. The highest BCUT2D eigenvalue weighted by molar-refractivity contribution is 5.77. The Bertz CT molecular complexity index is 500. The Balaban J connectivity index is 2.43. The lowest BCUT2D eigenvalue weighted by Crippen LogP contribution is -2.32. The van der Waals surface area contributed by atoms with Crippen molar-refractivity contribution in [1.29, 1.82) is 0 Å². The molecule has 0 aliphatic heterocycles. The van der Waals surface area contributed by atoms with Crippen LogP contribution in [0.15, 0.2) is 18.2 Å². The van der Waals surface area contributed by atoms with Gasteiger partial charge >= 0.3 is 6.09 Å². The van der Waals surface area contributed by atoms with Crippen molar-refractivity contribution in [2.75, 3.05) is 13.2 Å². The highest BCUT2D eigenvalue weighted by Crippen LogP contribution is 2.18. The fourth-order valence-corrected chi connectivity index (χ4v) is 2.08. The number of amides is 2. The number of hydrogen-bond acceptors (Lipinski definition) is 3. The van der Waals surface area contributed by atoms with Crippen LogP contribution >= 0.6 is 0 Å². The number of rotatable bonds is 6. The average molecular weight is 292 g/mol. The summed E-state index contributed by atoms with van der Waals surface area (Å²) in [6.07, 6.45) is -0.263.